The summed E-state index contributed by atoms with van der Waals surface area (Å²) < 4.78 is 2.86. The third-order valence-corrected chi connectivity index (χ3v) is 9.58. The predicted octanol–water partition coefficient (Wildman–Crippen LogP) is -12.8. The highest BCUT2D eigenvalue weighted by Gasteiger charge is 2.27. The Hall–Kier alpha value is -2.94. The average Bonchev–Trinajstić information content (AvgIpc) is 3.65. The summed E-state index contributed by atoms with van der Waals surface area (Å²) in [5.41, 5.74) is 0.233. The van der Waals surface area contributed by atoms with Crippen molar-refractivity contribution >= 4 is 278 Å². The molecule has 2 aromatic heterocycles. The number of hydrogen-bond acceptors (Lipinski definition) is 1. The van der Waals surface area contributed by atoms with Crippen LogP contribution in [0.5, 0.6) is 0 Å². The number of nitrogens with zero attached hydrogens (tertiary/aromatic N) is 2. The number of hydrogen-bond donors (Lipinski definition) is 1. The number of nitrogens with one attached hydrogen (secondary N) is 1. The summed E-state index contributed by atoms with van der Waals surface area (Å²) in [4.78, 5) is 0. The van der Waals surface area contributed by atoms with Gasteiger partial charge in [0.05, 0.1) is 0 Å². The molecule has 50 heavy (non-hydrogen) atoms. The molecule has 0 fully saturated rings. The maximum Gasteiger partial charge on any atom is 0.121 e. The van der Waals surface area contributed by atoms with Crippen LogP contribution in [-0.4, -0.2) is 156 Å². The Kier molecular flexibility index (Phi) is 9.09. The summed E-state index contributed by atoms with van der Waals surface area (Å²) in [6.07, 6.45) is 0. The van der Waals surface area contributed by atoms with E-state index in [-0.39, 0.29) is 131 Å². The minimum absolute atomic E-state index is 0.00236. The Bertz CT molecular complexity index is 2460. The molecule has 0 aliphatic heterocycles. The van der Waals surface area contributed by atoms with Gasteiger partial charge in [-0.1, -0.05) is 54.6 Å². The van der Waals surface area contributed by atoms with E-state index in [2.05, 4.69) is 0 Å². The van der Waals surface area contributed by atoms with Crippen molar-refractivity contribution in [1.29, 1.82) is 5.41 Å². The third-order valence-electron chi connectivity index (χ3n) is 9.58. The Morgan fingerprint density at radius 2 is 0.640 bits per heavy atom. The van der Waals surface area contributed by atoms with Crippen LogP contribution < -0.4 is 87.4 Å². The summed E-state index contributed by atoms with van der Waals surface area (Å²) in [6, 6.07) is -0.968. The molecule has 2 heterocycles. The number of aromatic nitrogens is 2. The van der Waals surface area contributed by atoms with E-state index in [0.29, 0.717) is 10.8 Å². The second-order valence-corrected chi connectivity index (χ2v) is 12.1. The van der Waals surface area contributed by atoms with Crippen molar-refractivity contribution in [3.8, 4) is 0 Å². The van der Waals surface area contributed by atoms with Gasteiger partial charge in [-0.05, 0) is 28.5 Å². The van der Waals surface area contributed by atoms with Crippen LogP contribution in [0.25, 0.3) is 43.6 Å². The Labute approximate surface area is 315 Å². The predicted molar refractivity (Wildman–Crippen MR) is 231 cm³/mol. The van der Waals surface area contributed by atoms with Crippen LogP contribution in [0.15, 0.2) is 10.9 Å². The second-order valence-electron chi connectivity index (χ2n) is 12.1. The first-order valence-corrected chi connectivity index (χ1v) is 14.7. The van der Waals surface area contributed by atoms with E-state index in [9.17, 15) is 5.41 Å². The van der Waals surface area contributed by atoms with Gasteiger partial charge in [-0.3, -0.25) is 9.98 Å². The van der Waals surface area contributed by atoms with E-state index in [1.54, 1.807) is 11.5 Å². The van der Waals surface area contributed by atoms with Gasteiger partial charge >= 0.3 is 0 Å². The molecule has 21 heteroatoms. The van der Waals surface area contributed by atoms with E-state index in [0.717, 1.165) is 0 Å². The second kappa shape index (κ2) is 12.3. The molecule has 0 aliphatic rings. The maximum absolute atomic E-state index is 9.44. The SMILES string of the molecule is [B]/C(C(=N)n1c2c([B])c([B])c([B])c([B])c2c2c([B])c([B])c([B])c([B])c21)=C(\[B])C(C)n1c2c([B])c([B])c([B])c([B])c2c2c([B])c([B])c([B])c([B])c21. The Morgan fingerprint density at radius 3 is 0.940 bits per heavy atom. The van der Waals surface area contributed by atoms with Crippen LogP contribution in [0, 0.1) is 5.41 Å². The standard InChI is InChI=1S/C29H5B18N3/c1-2(49-25-3(8(31)12(35)16(39)20(25)43)4-9(32)13(36)17(40)21(44)26(4)49)7(30)24(47)29(48)50-27-5(10(33)14(37)18(41)22(27)45)6-11(34)15(38)19(42)23(46)28(6)50/h2,48H,1H3/b24-7-,48-29?. The molecule has 0 spiro atoms. The Balaban J connectivity index is 1.74. The fourth-order valence-electron chi connectivity index (χ4n) is 6.69. The molecule has 1 N–H and O–H groups in total. The van der Waals surface area contributed by atoms with Crippen LogP contribution in [0.2, 0.25) is 0 Å². The van der Waals surface area contributed by atoms with Gasteiger partial charge in [-0.15, -0.1) is 43.7 Å². The van der Waals surface area contributed by atoms with Gasteiger partial charge in [0.1, 0.15) is 147 Å². The van der Waals surface area contributed by atoms with Crippen LogP contribution in [0.4, 0.5) is 0 Å². The van der Waals surface area contributed by atoms with Gasteiger partial charge < -0.3 is 4.57 Å². The van der Waals surface area contributed by atoms with E-state index < -0.39 is 11.9 Å². The Morgan fingerprint density at radius 1 is 0.400 bits per heavy atom. The van der Waals surface area contributed by atoms with Crippen molar-refractivity contribution in [3.05, 3.63) is 10.9 Å². The molecule has 4 aromatic carbocycles. The number of fused-ring (bicyclic) bond motifs is 6. The number of allylic oxidation sites excluding steroid dienone is 2. The lowest BCUT2D eigenvalue weighted by Crippen LogP contribution is -2.49. The van der Waals surface area contributed by atoms with E-state index in [4.69, 9.17) is 141 Å². The first kappa shape index (κ1) is 36.8. The van der Waals surface area contributed by atoms with Gasteiger partial charge in [0.2, 0.25) is 0 Å². The zero-order valence-electron chi connectivity index (χ0n) is 26.9. The quantitative estimate of drug-likeness (QED) is 0.121. The highest BCUT2D eigenvalue weighted by Crippen LogP contribution is 2.31. The van der Waals surface area contributed by atoms with Crippen molar-refractivity contribution < 1.29 is 0 Å². The fraction of sp³-hybridized carbons (Fsp3) is 0.0690. The minimum atomic E-state index is -0.968. The van der Waals surface area contributed by atoms with Crippen molar-refractivity contribution in [2.24, 2.45) is 0 Å². The molecule has 0 amide bonds. The molecule has 6 rings (SSSR count). The van der Waals surface area contributed by atoms with Gasteiger partial charge in [-0.2, -0.15) is 0 Å². The van der Waals surface area contributed by atoms with Crippen LogP contribution in [0.3, 0.4) is 0 Å². The molecule has 0 aliphatic carbocycles. The molecule has 0 saturated heterocycles. The van der Waals surface area contributed by atoms with Crippen molar-refractivity contribution in [2.75, 3.05) is 0 Å². The molecule has 1 unspecified atom stereocenters. The highest BCUT2D eigenvalue weighted by molar-refractivity contribution is 6.73. The third kappa shape index (κ3) is 4.66. The maximum atomic E-state index is 9.44. The average molecular weight is 590 g/mol. The highest BCUT2D eigenvalue weighted by atomic mass is 15.0. The van der Waals surface area contributed by atoms with E-state index in [1.165, 1.54) is 4.57 Å². The van der Waals surface area contributed by atoms with Gasteiger partial charge in [0.15, 0.2) is 0 Å². The summed E-state index contributed by atoms with van der Waals surface area (Å²) in [5.74, 6) is -0.437. The molecule has 3 nitrogen and oxygen atoms in total. The normalized spacial score (nSPS) is 13.1. The summed E-state index contributed by atoms with van der Waals surface area (Å²) >= 11 is 0. The zero-order valence-corrected chi connectivity index (χ0v) is 26.9. The largest absolute Gasteiger partial charge is 0.335 e. The smallest absolute Gasteiger partial charge is 0.121 e. The van der Waals surface area contributed by atoms with Crippen LogP contribution in [-0.2, 0) is 0 Å². The molecule has 190 valence electrons. The topological polar surface area (TPSA) is 33.7 Å². The molecule has 1 atom stereocenters. The number of rotatable bonds is 3. The fourth-order valence-corrected chi connectivity index (χ4v) is 6.69. The molecule has 0 bridgehead atoms. The minimum Gasteiger partial charge on any atom is -0.335 e. The number of benzene rings is 4. The van der Waals surface area contributed by atoms with Gasteiger partial charge in [0.25, 0.3) is 0 Å². The van der Waals surface area contributed by atoms with Gasteiger partial charge in [0, 0.05) is 28.1 Å². The summed E-state index contributed by atoms with van der Waals surface area (Å²) in [5, 5.41) is 10.4. The zero-order chi connectivity index (χ0) is 37.3. The van der Waals surface area contributed by atoms with Crippen molar-refractivity contribution in [2.45, 2.75) is 13.0 Å². The molecule has 6 aromatic rings. The lowest BCUT2D eigenvalue weighted by atomic mass is 9.63. The summed E-state index contributed by atoms with van der Waals surface area (Å²) in [6.45, 7) is 1.65. The van der Waals surface area contributed by atoms with Crippen molar-refractivity contribution in [3.63, 3.8) is 0 Å². The van der Waals surface area contributed by atoms with Gasteiger partial charge in [-0.25, -0.2) is 0 Å². The van der Waals surface area contributed by atoms with E-state index in [1.807, 2.05) is 0 Å². The lowest BCUT2D eigenvalue weighted by molar-refractivity contribution is 0.699. The monoisotopic (exact) mass is 593 g/mol. The lowest BCUT2D eigenvalue weighted by Gasteiger charge is -2.26. The molecule has 0 saturated carbocycles. The van der Waals surface area contributed by atoms with Crippen molar-refractivity contribution in [1.82, 2.24) is 9.13 Å². The summed E-state index contributed by atoms with van der Waals surface area (Å²) in [7, 11) is 116. The first-order valence-electron chi connectivity index (χ1n) is 14.7. The van der Waals surface area contributed by atoms with Crippen LogP contribution in [0.1, 0.15) is 13.0 Å². The van der Waals surface area contributed by atoms with E-state index >= 15 is 0 Å². The molecular formula is C29H5B18N3. The van der Waals surface area contributed by atoms with Crippen LogP contribution >= 0.6 is 0 Å². The molecular weight excluding hydrogens is 585 g/mol. The molecule has 36 radical (unpaired) electrons. The first-order chi connectivity index (χ1) is 23.2.